The fraction of sp³-hybridized carbons (Fsp3) is 0.263. The maximum absolute atomic E-state index is 12.2. The number of urea groups is 1. The minimum absolute atomic E-state index is 0.0846. The SMILES string of the molecule is O=C(Nc1ccc(C(=O)NC2CCCC2)cc1)Nc1cccc(Cl)c1Cl. The van der Waals surface area contributed by atoms with Crippen molar-refractivity contribution in [3.8, 4) is 0 Å². The Balaban J connectivity index is 1.57. The van der Waals surface area contributed by atoms with Crippen molar-refractivity contribution in [3.05, 3.63) is 58.1 Å². The standard InChI is InChI=1S/C19H19Cl2N3O2/c20-15-6-3-7-16(17(15)21)24-19(26)23-14-10-8-12(9-11-14)18(25)22-13-4-1-2-5-13/h3,6-11,13H,1-2,4-5H2,(H,22,25)(H2,23,24,26). The molecule has 0 heterocycles. The van der Waals surface area contributed by atoms with Gasteiger partial charge in [-0.2, -0.15) is 0 Å². The molecule has 1 aliphatic carbocycles. The molecule has 1 fully saturated rings. The Morgan fingerprint density at radius 1 is 0.923 bits per heavy atom. The fourth-order valence-corrected chi connectivity index (χ4v) is 3.28. The highest BCUT2D eigenvalue weighted by Crippen LogP contribution is 2.29. The van der Waals surface area contributed by atoms with Gasteiger partial charge in [0, 0.05) is 17.3 Å². The van der Waals surface area contributed by atoms with E-state index in [0.717, 1.165) is 12.8 Å². The third kappa shape index (κ3) is 4.68. The van der Waals surface area contributed by atoms with Crippen molar-refractivity contribution in [2.24, 2.45) is 0 Å². The molecule has 0 saturated heterocycles. The van der Waals surface area contributed by atoms with Crippen LogP contribution in [0.1, 0.15) is 36.0 Å². The van der Waals surface area contributed by atoms with E-state index in [1.807, 2.05) is 0 Å². The molecule has 1 saturated carbocycles. The van der Waals surface area contributed by atoms with Crippen molar-refractivity contribution in [1.82, 2.24) is 5.32 Å². The van der Waals surface area contributed by atoms with Gasteiger partial charge in [0.05, 0.1) is 15.7 Å². The van der Waals surface area contributed by atoms with Gasteiger partial charge in [-0.3, -0.25) is 4.79 Å². The number of halogens is 2. The van der Waals surface area contributed by atoms with Crippen molar-refractivity contribution >= 4 is 46.5 Å². The lowest BCUT2D eigenvalue weighted by atomic mass is 10.1. The quantitative estimate of drug-likeness (QED) is 0.660. The van der Waals surface area contributed by atoms with Crippen LogP contribution in [-0.2, 0) is 0 Å². The minimum atomic E-state index is -0.447. The first kappa shape index (κ1) is 18.5. The molecule has 0 aliphatic heterocycles. The molecule has 0 atom stereocenters. The number of amides is 3. The average molecular weight is 392 g/mol. The first-order chi connectivity index (χ1) is 12.5. The van der Waals surface area contributed by atoms with Gasteiger partial charge in [-0.05, 0) is 49.2 Å². The molecule has 0 bridgehead atoms. The van der Waals surface area contributed by atoms with Gasteiger partial charge in [0.15, 0.2) is 0 Å². The summed E-state index contributed by atoms with van der Waals surface area (Å²) in [5.41, 5.74) is 1.56. The molecule has 3 amide bonds. The summed E-state index contributed by atoms with van der Waals surface area (Å²) in [6.07, 6.45) is 4.41. The zero-order valence-corrected chi connectivity index (χ0v) is 15.5. The number of hydrogen-bond donors (Lipinski definition) is 3. The zero-order chi connectivity index (χ0) is 18.5. The smallest absolute Gasteiger partial charge is 0.323 e. The van der Waals surface area contributed by atoms with E-state index in [4.69, 9.17) is 23.2 Å². The second-order valence-corrected chi connectivity index (χ2v) is 7.00. The Morgan fingerprint density at radius 3 is 2.31 bits per heavy atom. The molecule has 0 spiro atoms. The number of hydrogen-bond acceptors (Lipinski definition) is 2. The largest absolute Gasteiger partial charge is 0.349 e. The summed E-state index contributed by atoms with van der Waals surface area (Å²) in [6, 6.07) is 11.6. The first-order valence-electron chi connectivity index (χ1n) is 8.46. The molecule has 5 nitrogen and oxygen atoms in total. The maximum Gasteiger partial charge on any atom is 0.323 e. The molecule has 3 N–H and O–H groups in total. The van der Waals surface area contributed by atoms with E-state index in [1.54, 1.807) is 42.5 Å². The van der Waals surface area contributed by atoms with Crippen LogP contribution in [0, 0.1) is 0 Å². The van der Waals surface area contributed by atoms with Gasteiger partial charge >= 0.3 is 6.03 Å². The normalized spacial score (nSPS) is 14.1. The van der Waals surface area contributed by atoms with Gasteiger partial charge in [0.25, 0.3) is 5.91 Å². The van der Waals surface area contributed by atoms with Crippen LogP contribution < -0.4 is 16.0 Å². The first-order valence-corrected chi connectivity index (χ1v) is 9.21. The molecular weight excluding hydrogens is 373 g/mol. The van der Waals surface area contributed by atoms with E-state index in [2.05, 4.69) is 16.0 Å². The average Bonchev–Trinajstić information content (AvgIpc) is 3.12. The van der Waals surface area contributed by atoms with Crippen LogP contribution in [0.2, 0.25) is 10.0 Å². The fourth-order valence-electron chi connectivity index (χ4n) is 2.93. The lowest BCUT2D eigenvalue weighted by Crippen LogP contribution is -2.32. The summed E-state index contributed by atoms with van der Waals surface area (Å²) >= 11 is 12.0. The number of carbonyl (C=O) groups excluding carboxylic acids is 2. The number of anilines is 2. The predicted octanol–water partition coefficient (Wildman–Crippen LogP) is 5.31. The third-order valence-electron chi connectivity index (χ3n) is 4.30. The summed E-state index contributed by atoms with van der Waals surface area (Å²) < 4.78 is 0. The summed E-state index contributed by atoms with van der Waals surface area (Å²) in [5, 5.41) is 9.01. The van der Waals surface area contributed by atoms with Gasteiger partial charge in [0.2, 0.25) is 0 Å². The Bertz CT molecular complexity index is 803. The summed E-state index contributed by atoms with van der Waals surface area (Å²) in [4.78, 5) is 24.3. The maximum atomic E-state index is 12.2. The number of benzene rings is 2. The van der Waals surface area contributed by atoms with Crippen LogP contribution in [0.15, 0.2) is 42.5 Å². The minimum Gasteiger partial charge on any atom is -0.349 e. The van der Waals surface area contributed by atoms with Gasteiger partial charge in [0.1, 0.15) is 0 Å². The van der Waals surface area contributed by atoms with E-state index < -0.39 is 6.03 Å². The monoisotopic (exact) mass is 391 g/mol. The molecule has 2 aromatic carbocycles. The van der Waals surface area contributed by atoms with Crippen LogP contribution in [-0.4, -0.2) is 18.0 Å². The van der Waals surface area contributed by atoms with Gasteiger partial charge in [-0.25, -0.2) is 4.79 Å². The van der Waals surface area contributed by atoms with Gasteiger partial charge in [-0.1, -0.05) is 42.1 Å². The van der Waals surface area contributed by atoms with Crippen LogP contribution >= 0.6 is 23.2 Å². The van der Waals surface area contributed by atoms with Crippen molar-refractivity contribution in [1.29, 1.82) is 0 Å². The molecular formula is C19H19Cl2N3O2. The highest BCUT2D eigenvalue weighted by molar-refractivity contribution is 6.44. The van der Waals surface area contributed by atoms with Crippen LogP contribution in [0.25, 0.3) is 0 Å². The molecule has 0 radical (unpaired) electrons. The van der Waals surface area contributed by atoms with Crippen molar-refractivity contribution in [3.63, 3.8) is 0 Å². The molecule has 0 unspecified atom stereocenters. The van der Waals surface area contributed by atoms with Gasteiger partial charge < -0.3 is 16.0 Å². The van der Waals surface area contributed by atoms with Crippen LogP contribution in [0.4, 0.5) is 16.2 Å². The highest BCUT2D eigenvalue weighted by atomic mass is 35.5. The zero-order valence-electron chi connectivity index (χ0n) is 14.0. The number of carbonyl (C=O) groups is 2. The van der Waals surface area contributed by atoms with Crippen LogP contribution in [0.3, 0.4) is 0 Å². The predicted molar refractivity (Wildman–Crippen MR) is 105 cm³/mol. The molecule has 7 heteroatoms. The van der Waals surface area contributed by atoms with Crippen molar-refractivity contribution < 1.29 is 9.59 Å². The van der Waals surface area contributed by atoms with E-state index in [9.17, 15) is 9.59 Å². The van der Waals surface area contributed by atoms with E-state index in [1.165, 1.54) is 12.8 Å². The Kier molecular flexibility index (Phi) is 6.01. The third-order valence-corrected chi connectivity index (χ3v) is 5.11. The van der Waals surface area contributed by atoms with Crippen molar-refractivity contribution in [2.75, 3.05) is 10.6 Å². The molecule has 136 valence electrons. The van der Waals surface area contributed by atoms with E-state index in [0.29, 0.717) is 22.0 Å². The van der Waals surface area contributed by atoms with Crippen LogP contribution in [0.5, 0.6) is 0 Å². The van der Waals surface area contributed by atoms with E-state index in [-0.39, 0.29) is 17.0 Å². The highest BCUT2D eigenvalue weighted by Gasteiger charge is 2.18. The summed E-state index contributed by atoms with van der Waals surface area (Å²) in [6.45, 7) is 0. The second-order valence-electron chi connectivity index (χ2n) is 6.21. The molecule has 0 aromatic heterocycles. The summed E-state index contributed by atoms with van der Waals surface area (Å²) in [7, 11) is 0. The Hall–Kier alpha value is -2.24. The lowest BCUT2D eigenvalue weighted by molar-refractivity contribution is 0.0938. The molecule has 26 heavy (non-hydrogen) atoms. The second kappa shape index (κ2) is 8.43. The Labute approximate surface area is 162 Å². The molecule has 3 rings (SSSR count). The number of nitrogens with one attached hydrogen (secondary N) is 3. The van der Waals surface area contributed by atoms with Crippen molar-refractivity contribution in [2.45, 2.75) is 31.7 Å². The Morgan fingerprint density at radius 2 is 1.62 bits per heavy atom. The summed E-state index contributed by atoms with van der Waals surface area (Å²) in [5.74, 6) is -0.0846. The lowest BCUT2D eigenvalue weighted by Gasteiger charge is -2.12. The number of rotatable bonds is 4. The van der Waals surface area contributed by atoms with E-state index >= 15 is 0 Å². The topological polar surface area (TPSA) is 70.2 Å². The molecule has 2 aromatic rings. The molecule has 1 aliphatic rings. The van der Waals surface area contributed by atoms with Gasteiger partial charge in [-0.15, -0.1) is 0 Å².